The van der Waals surface area contributed by atoms with Crippen molar-refractivity contribution in [2.24, 2.45) is 10.7 Å². The van der Waals surface area contributed by atoms with Gasteiger partial charge in [0.1, 0.15) is 0 Å². The predicted molar refractivity (Wildman–Crippen MR) is 68.3 cm³/mol. The summed E-state index contributed by atoms with van der Waals surface area (Å²) in [5.41, 5.74) is 6.39. The lowest BCUT2D eigenvalue weighted by atomic mass is 10.2. The lowest BCUT2D eigenvalue weighted by molar-refractivity contribution is 0.562. The average molecular weight is 231 g/mol. The highest BCUT2D eigenvalue weighted by Gasteiger charge is 2.04. The van der Waals surface area contributed by atoms with E-state index in [2.05, 4.69) is 10.3 Å². The number of para-hydroxylation sites is 1. The number of fused-ring (bicyclic) bond motifs is 1. The van der Waals surface area contributed by atoms with Gasteiger partial charge in [-0.1, -0.05) is 12.1 Å². The minimum atomic E-state index is -0.391. The summed E-state index contributed by atoms with van der Waals surface area (Å²) in [4.78, 5) is 15.2. The van der Waals surface area contributed by atoms with Gasteiger partial charge in [0.2, 0.25) is 0 Å². The number of hydrogen-bond acceptors (Lipinski definition) is 3. The van der Waals surface area contributed by atoms with Gasteiger partial charge in [-0.25, -0.2) is 4.79 Å². The van der Waals surface area contributed by atoms with Gasteiger partial charge in [0.15, 0.2) is 11.5 Å². The number of benzene rings is 1. The van der Waals surface area contributed by atoms with Crippen LogP contribution in [0.4, 0.5) is 5.69 Å². The number of nitrogens with zero attached hydrogens (tertiary/aromatic N) is 1. The standard InChI is InChI=1S/C12H13N3O2/c1-2-14-12(13)15-9-5-3-4-8-6-7-10(16)17-11(8)9/h3-7H,2H2,1H3,(H3,13,14,15). The highest BCUT2D eigenvalue weighted by Crippen LogP contribution is 2.21. The van der Waals surface area contributed by atoms with Gasteiger partial charge in [0, 0.05) is 18.0 Å². The molecule has 5 nitrogen and oxygen atoms in total. The second kappa shape index (κ2) is 4.69. The van der Waals surface area contributed by atoms with Crippen LogP contribution in [0.15, 0.2) is 44.5 Å². The zero-order valence-electron chi connectivity index (χ0n) is 9.43. The molecule has 0 atom stereocenters. The SMILES string of the molecule is CCN=C(N)Nc1cccc2ccc(=O)oc12. The first-order valence-corrected chi connectivity index (χ1v) is 5.30. The van der Waals surface area contributed by atoms with Crippen LogP contribution in [0, 0.1) is 0 Å². The first-order valence-electron chi connectivity index (χ1n) is 5.30. The van der Waals surface area contributed by atoms with Crippen molar-refractivity contribution in [3.05, 3.63) is 40.8 Å². The summed E-state index contributed by atoms with van der Waals surface area (Å²) in [7, 11) is 0. The quantitative estimate of drug-likeness (QED) is 0.466. The van der Waals surface area contributed by atoms with E-state index in [0.29, 0.717) is 23.8 Å². The number of hydrogen-bond donors (Lipinski definition) is 2. The molecule has 0 aliphatic carbocycles. The number of guanidine groups is 1. The van der Waals surface area contributed by atoms with Crippen molar-refractivity contribution in [2.75, 3.05) is 11.9 Å². The highest BCUT2D eigenvalue weighted by molar-refractivity contribution is 6.00. The van der Waals surface area contributed by atoms with Crippen molar-refractivity contribution < 1.29 is 4.42 Å². The molecule has 0 unspecified atom stereocenters. The Balaban J connectivity index is 2.50. The molecule has 1 aromatic carbocycles. The van der Waals surface area contributed by atoms with E-state index in [1.54, 1.807) is 12.1 Å². The smallest absolute Gasteiger partial charge is 0.336 e. The molecule has 88 valence electrons. The van der Waals surface area contributed by atoms with Gasteiger partial charge in [-0.3, -0.25) is 4.99 Å². The average Bonchev–Trinajstić information content (AvgIpc) is 2.30. The fraction of sp³-hybridized carbons (Fsp3) is 0.167. The maximum Gasteiger partial charge on any atom is 0.336 e. The first kappa shape index (κ1) is 11.2. The number of nitrogens with two attached hydrogens (primary N) is 1. The van der Waals surface area contributed by atoms with E-state index in [1.165, 1.54) is 6.07 Å². The van der Waals surface area contributed by atoms with E-state index in [4.69, 9.17) is 10.2 Å². The van der Waals surface area contributed by atoms with E-state index in [1.807, 2.05) is 19.1 Å². The van der Waals surface area contributed by atoms with Gasteiger partial charge in [-0.2, -0.15) is 0 Å². The Bertz CT molecular complexity index is 616. The summed E-state index contributed by atoms with van der Waals surface area (Å²) in [6, 6.07) is 8.58. The Morgan fingerprint density at radius 3 is 3.00 bits per heavy atom. The van der Waals surface area contributed by atoms with E-state index in [9.17, 15) is 4.79 Å². The molecule has 0 saturated carbocycles. The molecule has 0 amide bonds. The molecule has 1 heterocycles. The van der Waals surface area contributed by atoms with Gasteiger partial charge in [-0.05, 0) is 19.1 Å². The molecule has 0 fully saturated rings. The van der Waals surface area contributed by atoms with Gasteiger partial charge in [0.25, 0.3) is 0 Å². The van der Waals surface area contributed by atoms with Gasteiger partial charge < -0.3 is 15.5 Å². The molecule has 2 rings (SSSR count). The lowest BCUT2D eigenvalue weighted by Crippen LogP contribution is -2.22. The monoisotopic (exact) mass is 231 g/mol. The van der Waals surface area contributed by atoms with Crippen LogP contribution in [0.25, 0.3) is 11.0 Å². The lowest BCUT2D eigenvalue weighted by Gasteiger charge is -2.07. The third-order valence-corrected chi connectivity index (χ3v) is 2.24. The van der Waals surface area contributed by atoms with Crippen molar-refractivity contribution >= 4 is 22.6 Å². The van der Waals surface area contributed by atoms with Crippen LogP contribution in [-0.4, -0.2) is 12.5 Å². The summed E-state index contributed by atoms with van der Waals surface area (Å²) in [5.74, 6) is 0.298. The second-order valence-electron chi connectivity index (χ2n) is 3.46. The second-order valence-corrected chi connectivity index (χ2v) is 3.46. The highest BCUT2D eigenvalue weighted by atomic mass is 16.4. The third-order valence-electron chi connectivity index (χ3n) is 2.24. The molecule has 1 aromatic heterocycles. The Morgan fingerprint density at radius 2 is 2.24 bits per heavy atom. The minimum Gasteiger partial charge on any atom is -0.420 e. The topological polar surface area (TPSA) is 80.6 Å². The first-order chi connectivity index (χ1) is 8.20. The minimum absolute atomic E-state index is 0.298. The van der Waals surface area contributed by atoms with Crippen LogP contribution in [0.2, 0.25) is 0 Å². The van der Waals surface area contributed by atoms with Crippen LogP contribution in [0.5, 0.6) is 0 Å². The molecule has 0 bridgehead atoms. The molecule has 2 aromatic rings. The molecule has 0 saturated heterocycles. The molecule has 5 heteroatoms. The molecule has 0 aliphatic heterocycles. The number of anilines is 1. The van der Waals surface area contributed by atoms with Crippen molar-refractivity contribution in [1.29, 1.82) is 0 Å². The van der Waals surface area contributed by atoms with Crippen LogP contribution < -0.4 is 16.7 Å². The molecular weight excluding hydrogens is 218 g/mol. The third kappa shape index (κ3) is 2.44. The maximum absolute atomic E-state index is 11.2. The van der Waals surface area contributed by atoms with Gasteiger partial charge in [-0.15, -0.1) is 0 Å². The predicted octanol–water partition coefficient (Wildman–Crippen LogP) is 1.54. The summed E-state index contributed by atoms with van der Waals surface area (Å²) in [6.07, 6.45) is 0. The van der Waals surface area contributed by atoms with Crippen molar-refractivity contribution in [1.82, 2.24) is 0 Å². The normalized spacial score (nSPS) is 11.7. The summed E-state index contributed by atoms with van der Waals surface area (Å²) in [6.45, 7) is 2.48. The number of nitrogens with one attached hydrogen (secondary N) is 1. The molecule has 3 N–H and O–H groups in total. The fourth-order valence-electron chi connectivity index (χ4n) is 1.54. The van der Waals surface area contributed by atoms with Crippen LogP contribution in [0.3, 0.4) is 0 Å². The summed E-state index contributed by atoms with van der Waals surface area (Å²) >= 11 is 0. The van der Waals surface area contributed by atoms with E-state index < -0.39 is 5.63 Å². The zero-order chi connectivity index (χ0) is 12.3. The Morgan fingerprint density at radius 1 is 1.41 bits per heavy atom. The Labute approximate surface area is 98.0 Å². The van der Waals surface area contributed by atoms with Crippen LogP contribution in [-0.2, 0) is 0 Å². The summed E-state index contributed by atoms with van der Waals surface area (Å²) in [5, 5.41) is 3.74. The molecule has 0 aliphatic rings. The van der Waals surface area contributed by atoms with Gasteiger partial charge >= 0.3 is 5.63 Å². The van der Waals surface area contributed by atoms with E-state index >= 15 is 0 Å². The van der Waals surface area contributed by atoms with Crippen molar-refractivity contribution in [2.45, 2.75) is 6.92 Å². The molecule has 17 heavy (non-hydrogen) atoms. The van der Waals surface area contributed by atoms with Crippen molar-refractivity contribution in [3.63, 3.8) is 0 Å². The van der Waals surface area contributed by atoms with Crippen LogP contribution >= 0.6 is 0 Å². The molecule has 0 spiro atoms. The Kier molecular flexibility index (Phi) is 3.09. The van der Waals surface area contributed by atoms with E-state index in [0.717, 1.165) is 5.39 Å². The van der Waals surface area contributed by atoms with E-state index in [-0.39, 0.29) is 0 Å². The summed E-state index contributed by atoms with van der Waals surface area (Å²) < 4.78 is 5.14. The molecule has 0 radical (unpaired) electrons. The zero-order valence-corrected chi connectivity index (χ0v) is 9.43. The maximum atomic E-state index is 11.2. The largest absolute Gasteiger partial charge is 0.420 e. The number of rotatable bonds is 2. The fourth-order valence-corrected chi connectivity index (χ4v) is 1.54. The molecular formula is C12H13N3O2. The van der Waals surface area contributed by atoms with Crippen molar-refractivity contribution in [3.8, 4) is 0 Å². The van der Waals surface area contributed by atoms with Crippen LogP contribution in [0.1, 0.15) is 6.92 Å². The Hall–Kier alpha value is -2.30. The number of aliphatic imine (C=N–C) groups is 1. The van der Waals surface area contributed by atoms with Gasteiger partial charge in [0.05, 0.1) is 5.69 Å².